The highest BCUT2D eigenvalue weighted by Gasteiger charge is 2.28. The van der Waals surface area contributed by atoms with Gasteiger partial charge in [0.05, 0.1) is 11.9 Å². The fourth-order valence-corrected chi connectivity index (χ4v) is 3.11. The van der Waals surface area contributed by atoms with Crippen LogP contribution in [0.15, 0.2) is 45.5 Å². The van der Waals surface area contributed by atoms with E-state index in [0.29, 0.717) is 5.89 Å². The molecule has 0 amide bonds. The number of nitrogens with zero attached hydrogens (tertiary/aromatic N) is 4. The average molecular weight is 324 g/mol. The second-order valence-corrected chi connectivity index (χ2v) is 7.44. The molecule has 0 aliphatic carbocycles. The summed E-state index contributed by atoms with van der Waals surface area (Å²) in [4.78, 5) is 16.1. The topological polar surface area (TPSA) is 54.5 Å². The van der Waals surface area contributed by atoms with E-state index in [4.69, 9.17) is 4.42 Å². The molecule has 0 fully saturated rings. The van der Waals surface area contributed by atoms with E-state index in [1.807, 2.05) is 41.6 Å². The van der Waals surface area contributed by atoms with E-state index in [1.165, 1.54) is 0 Å². The Bertz CT molecular complexity index is 865. The first-order valence-electron chi connectivity index (χ1n) is 7.37. The van der Waals surface area contributed by atoms with Crippen LogP contribution in [0.1, 0.15) is 37.3 Å². The van der Waals surface area contributed by atoms with Crippen molar-refractivity contribution in [1.29, 1.82) is 0 Å². The number of aromatic nitrogens is 2. The van der Waals surface area contributed by atoms with E-state index in [9.17, 15) is 0 Å². The van der Waals surface area contributed by atoms with Crippen LogP contribution in [0.2, 0.25) is 0 Å². The third kappa shape index (κ3) is 2.55. The highest BCUT2D eigenvalue weighted by atomic mass is 32.1. The van der Waals surface area contributed by atoms with Crippen molar-refractivity contribution in [2.24, 2.45) is 4.99 Å². The van der Waals surface area contributed by atoms with Crippen molar-refractivity contribution < 1.29 is 4.42 Å². The van der Waals surface area contributed by atoms with Crippen molar-refractivity contribution in [2.75, 3.05) is 4.90 Å². The number of hydrogen-bond acceptors (Lipinski definition) is 6. The van der Waals surface area contributed by atoms with E-state index in [1.54, 1.807) is 17.5 Å². The number of anilines is 1. The van der Waals surface area contributed by atoms with Crippen LogP contribution in [0.5, 0.6) is 0 Å². The number of thiazole rings is 1. The molecule has 0 aromatic carbocycles. The Morgan fingerprint density at radius 3 is 2.70 bits per heavy atom. The first-order chi connectivity index (χ1) is 11.0. The van der Waals surface area contributed by atoms with E-state index in [2.05, 4.69) is 35.7 Å². The summed E-state index contributed by atoms with van der Waals surface area (Å²) in [7, 11) is 0. The molecule has 2 aromatic rings. The predicted molar refractivity (Wildman–Crippen MR) is 93.4 cm³/mol. The molecule has 4 heterocycles. The third-order valence-corrected chi connectivity index (χ3v) is 4.52. The van der Waals surface area contributed by atoms with Gasteiger partial charge in [0.1, 0.15) is 11.6 Å². The minimum atomic E-state index is -0.0337. The van der Waals surface area contributed by atoms with Gasteiger partial charge in [0, 0.05) is 34.9 Å². The zero-order valence-electron chi connectivity index (χ0n) is 13.1. The maximum atomic E-state index is 5.76. The summed E-state index contributed by atoms with van der Waals surface area (Å²) >= 11 is 1.61. The van der Waals surface area contributed by atoms with Crippen molar-refractivity contribution in [2.45, 2.75) is 26.2 Å². The average Bonchev–Trinajstić information content (AvgIpc) is 3.14. The molecule has 5 nitrogen and oxygen atoms in total. The normalized spacial score (nSPS) is 16.6. The minimum absolute atomic E-state index is 0.0337. The molecule has 2 aromatic heterocycles. The second-order valence-electron chi connectivity index (χ2n) is 6.40. The fraction of sp³-hybridized carbons (Fsp3) is 0.235. The Hall–Kier alpha value is -2.47. The Morgan fingerprint density at radius 1 is 1.17 bits per heavy atom. The number of oxazole rings is 1. The smallest absolute Gasteiger partial charge is 0.218 e. The van der Waals surface area contributed by atoms with Crippen molar-refractivity contribution in [3.63, 3.8) is 0 Å². The highest BCUT2D eigenvalue weighted by Crippen LogP contribution is 2.38. The van der Waals surface area contributed by atoms with E-state index < -0.39 is 0 Å². The molecule has 0 saturated heterocycles. The summed E-state index contributed by atoms with van der Waals surface area (Å²) in [5, 5.41) is 0.924. The largest absolute Gasteiger partial charge is 0.441 e. The molecule has 0 atom stereocenters. The SMILES string of the molecule is CC(C)(C)c1cnc(C=Cc2cnc(N3c4ccnc3c4)s2)o1. The van der Waals surface area contributed by atoms with Crippen LogP contribution in [0.25, 0.3) is 12.2 Å². The molecule has 0 unspecified atom stereocenters. The summed E-state index contributed by atoms with van der Waals surface area (Å²) in [6.07, 6.45) is 13.3. The van der Waals surface area contributed by atoms with Gasteiger partial charge in [0.2, 0.25) is 5.89 Å². The van der Waals surface area contributed by atoms with Gasteiger partial charge in [-0.3, -0.25) is 4.90 Å². The first kappa shape index (κ1) is 14.1. The van der Waals surface area contributed by atoms with Gasteiger partial charge in [0.15, 0.2) is 5.13 Å². The molecule has 2 aliphatic rings. The van der Waals surface area contributed by atoms with E-state index in [0.717, 1.165) is 27.3 Å². The molecule has 0 saturated carbocycles. The van der Waals surface area contributed by atoms with Crippen LogP contribution in [0.4, 0.5) is 5.13 Å². The van der Waals surface area contributed by atoms with Gasteiger partial charge in [-0.05, 0) is 12.2 Å². The maximum absolute atomic E-state index is 5.76. The van der Waals surface area contributed by atoms with Crippen LogP contribution < -0.4 is 4.90 Å². The maximum Gasteiger partial charge on any atom is 0.218 e. The predicted octanol–water partition coefficient (Wildman–Crippen LogP) is 4.23. The van der Waals surface area contributed by atoms with Crippen LogP contribution in [0.3, 0.4) is 0 Å². The molecule has 2 aliphatic heterocycles. The van der Waals surface area contributed by atoms with Crippen molar-refractivity contribution >= 4 is 34.8 Å². The lowest BCUT2D eigenvalue weighted by Gasteiger charge is -2.32. The standard InChI is InChI=1S/C17H16N4OS/c1-17(2,3)13-10-19-15(22-13)5-4-12-9-20-16(23-12)21-11-6-7-18-14(21)8-11/h4-10H,1-3H3. The van der Waals surface area contributed by atoms with Crippen LogP contribution in [-0.4, -0.2) is 16.2 Å². The molecule has 0 spiro atoms. The Kier molecular flexibility index (Phi) is 3.09. The summed E-state index contributed by atoms with van der Waals surface area (Å²) < 4.78 is 5.76. The lowest BCUT2D eigenvalue weighted by atomic mass is 9.94. The van der Waals surface area contributed by atoms with Crippen LogP contribution >= 0.6 is 11.3 Å². The molecule has 4 rings (SSSR count). The van der Waals surface area contributed by atoms with Gasteiger partial charge >= 0.3 is 0 Å². The molecule has 0 N–H and O–H groups in total. The van der Waals surface area contributed by atoms with Crippen LogP contribution in [-0.2, 0) is 5.41 Å². The molecule has 6 heteroatoms. The van der Waals surface area contributed by atoms with Crippen molar-refractivity contribution in [3.8, 4) is 0 Å². The molecular formula is C17H16N4OS. The number of aliphatic imine (C=N–C) groups is 1. The Morgan fingerprint density at radius 2 is 2.04 bits per heavy atom. The first-order valence-corrected chi connectivity index (χ1v) is 8.19. The summed E-state index contributed by atoms with van der Waals surface area (Å²) in [5.41, 5.74) is 1.09. The monoisotopic (exact) mass is 324 g/mol. The van der Waals surface area contributed by atoms with Gasteiger partial charge in [-0.25, -0.2) is 15.0 Å². The Balaban J connectivity index is 1.50. The highest BCUT2D eigenvalue weighted by molar-refractivity contribution is 7.16. The summed E-state index contributed by atoms with van der Waals surface area (Å²) in [6.45, 7) is 6.31. The van der Waals surface area contributed by atoms with Gasteiger partial charge in [-0.2, -0.15) is 0 Å². The Labute approximate surface area is 138 Å². The van der Waals surface area contributed by atoms with Gasteiger partial charge in [0.25, 0.3) is 0 Å². The summed E-state index contributed by atoms with van der Waals surface area (Å²) in [6, 6.07) is 0. The van der Waals surface area contributed by atoms with E-state index >= 15 is 0 Å². The lowest BCUT2D eigenvalue weighted by molar-refractivity contribution is 0.403. The second kappa shape index (κ2) is 5.03. The summed E-state index contributed by atoms with van der Waals surface area (Å²) in [5.74, 6) is 2.43. The number of allylic oxidation sites excluding steroid dienone is 2. The van der Waals surface area contributed by atoms with Gasteiger partial charge in [-0.15, -0.1) is 0 Å². The number of fused-ring (bicyclic) bond motifs is 2. The minimum Gasteiger partial charge on any atom is -0.441 e. The van der Waals surface area contributed by atoms with Gasteiger partial charge in [-0.1, -0.05) is 32.1 Å². The molecule has 0 radical (unpaired) electrons. The quantitative estimate of drug-likeness (QED) is 0.848. The molecular weight excluding hydrogens is 308 g/mol. The zero-order chi connectivity index (χ0) is 16.0. The molecule has 23 heavy (non-hydrogen) atoms. The zero-order valence-corrected chi connectivity index (χ0v) is 14.0. The van der Waals surface area contributed by atoms with Crippen molar-refractivity contribution in [3.05, 3.63) is 52.6 Å². The molecule has 2 bridgehead atoms. The third-order valence-electron chi connectivity index (χ3n) is 3.57. The number of rotatable bonds is 3. The van der Waals surface area contributed by atoms with Crippen LogP contribution in [0, 0.1) is 0 Å². The van der Waals surface area contributed by atoms with Gasteiger partial charge < -0.3 is 4.42 Å². The number of hydrogen-bond donors (Lipinski definition) is 0. The molecule has 116 valence electrons. The fourth-order valence-electron chi connectivity index (χ4n) is 2.27. The lowest BCUT2D eigenvalue weighted by Crippen LogP contribution is -2.30. The van der Waals surface area contributed by atoms with E-state index in [-0.39, 0.29) is 5.41 Å². The van der Waals surface area contributed by atoms with Crippen molar-refractivity contribution in [1.82, 2.24) is 9.97 Å².